The van der Waals surface area contributed by atoms with Crippen molar-refractivity contribution in [1.29, 1.82) is 0 Å². The van der Waals surface area contributed by atoms with Crippen LogP contribution in [0, 0.1) is 6.92 Å². The van der Waals surface area contributed by atoms with E-state index in [0.717, 1.165) is 11.1 Å². The van der Waals surface area contributed by atoms with E-state index in [0.29, 0.717) is 11.4 Å². The van der Waals surface area contributed by atoms with Gasteiger partial charge in [0.1, 0.15) is 0 Å². The van der Waals surface area contributed by atoms with Gasteiger partial charge < -0.3 is 5.11 Å². The van der Waals surface area contributed by atoms with Crippen molar-refractivity contribution in [1.82, 2.24) is 0 Å². The van der Waals surface area contributed by atoms with E-state index in [4.69, 9.17) is 11.6 Å². The zero-order valence-corrected chi connectivity index (χ0v) is 11.4. The highest BCUT2D eigenvalue weighted by Gasteiger charge is 2.23. The van der Waals surface area contributed by atoms with E-state index in [1.54, 1.807) is 0 Å². The van der Waals surface area contributed by atoms with Crippen molar-refractivity contribution in [3.8, 4) is 0 Å². The van der Waals surface area contributed by atoms with E-state index in [9.17, 15) is 5.11 Å². The first-order valence-corrected chi connectivity index (χ1v) is 6.39. The van der Waals surface area contributed by atoms with Gasteiger partial charge in [-0.05, 0) is 37.1 Å². The van der Waals surface area contributed by atoms with E-state index >= 15 is 0 Å². The van der Waals surface area contributed by atoms with Crippen molar-refractivity contribution >= 4 is 11.6 Å². The molecule has 2 aromatic carbocycles. The van der Waals surface area contributed by atoms with E-state index in [-0.39, 0.29) is 0 Å². The molecule has 0 amide bonds. The Kier molecular flexibility index (Phi) is 3.74. The minimum Gasteiger partial charge on any atom is -0.385 e. The van der Waals surface area contributed by atoms with Crippen molar-refractivity contribution in [2.45, 2.75) is 25.9 Å². The molecule has 0 fully saturated rings. The molecule has 94 valence electrons. The van der Waals surface area contributed by atoms with Crippen molar-refractivity contribution < 1.29 is 5.11 Å². The molecule has 0 radical (unpaired) electrons. The van der Waals surface area contributed by atoms with Gasteiger partial charge in [-0.2, -0.15) is 0 Å². The minimum atomic E-state index is -0.877. The first-order valence-electron chi connectivity index (χ1n) is 6.01. The molecule has 0 bridgehead atoms. The molecule has 18 heavy (non-hydrogen) atoms. The molecule has 0 aliphatic carbocycles. The van der Waals surface area contributed by atoms with Crippen LogP contribution in [0.2, 0.25) is 5.02 Å². The van der Waals surface area contributed by atoms with Crippen molar-refractivity contribution in [3.05, 3.63) is 70.2 Å². The van der Waals surface area contributed by atoms with Gasteiger partial charge in [0.25, 0.3) is 0 Å². The zero-order valence-electron chi connectivity index (χ0n) is 10.7. The first-order chi connectivity index (χ1) is 8.47. The average molecular weight is 261 g/mol. The van der Waals surface area contributed by atoms with Crippen LogP contribution >= 0.6 is 11.6 Å². The summed E-state index contributed by atoms with van der Waals surface area (Å²) in [4.78, 5) is 0. The second-order valence-corrected chi connectivity index (χ2v) is 5.38. The highest BCUT2D eigenvalue weighted by Crippen LogP contribution is 2.26. The van der Waals surface area contributed by atoms with Crippen LogP contribution in [-0.4, -0.2) is 5.11 Å². The maximum absolute atomic E-state index is 10.6. The van der Waals surface area contributed by atoms with Crippen molar-refractivity contribution in [2.24, 2.45) is 0 Å². The van der Waals surface area contributed by atoms with Crippen LogP contribution in [0.15, 0.2) is 48.5 Å². The third-order valence-electron chi connectivity index (χ3n) is 3.10. The van der Waals surface area contributed by atoms with Gasteiger partial charge in [0.2, 0.25) is 0 Å². The zero-order chi connectivity index (χ0) is 13.2. The van der Waals surface area contributed by atoms with E-state index < -0.39 is 5.60 Å². The van der Waals surface area contributed by atoms with Crippen molar-refractivity contribution in [3.63, 3.8) is 0 Å². The molecule has 1 unspecified atom stereocenters. The molecule has 0 aliphatic rings. The molecule has 0 saturated carbocycles. The Morgan fingerprint density at radius 1 is 1.11 bits per heavy atom. The fourth-order valence-electron chi connectivity index (χ4n) is 2.13. The predicted molar refractivity (Wildman–Crippen MR) is 75.9 cm³/mol. The molecule has 1 N–H and O–H groups in total. The molecule has 1 nitrogen and oxygen atoms in total. The fraction of sp³-hybridized carbons (Fsp3) is 0.250. The van der Waals surface area contributed by atoms with Gasteiger partial charge in [0.15, 0.2) is 0 Å². The standard InChI is InChI=1S/C16H17ClO/c1-12-4-3-5-13(10-12)11-16(2,18)14-6-8-15(17)9-7-14/h3-10,18H,11H2,1-2H3. The Balaban J connectivity index is 2.23. The Morgan fingerprint density at radius 2 is 1.78 bits per heavy atom. The van der Waals surface area contributed by atoms with Crippen molar-refractivity contribution in [2.75, 3.05) is 0 Å². The van der Waals surface area contributed by atoms with Crippen LogP contribution in [0.1, 0.15) is 23.6 Å². The largest absolute Gasteiger partial charge is 0.385 e. The third kappa shape index (κ3) is 3.12. The molecule has 2 heteroatoms. The normalized spacial score (nSPS) is 14.2. The molecular formula is C16H17ClO. The molecular weight excluding hydrogens is 244 g/mol. The lowest BCUT2D eigenvalue weighted by atomic mass is 9.89. The van der Waals surface area contributed by atoms with Gasteiger partial charge in [0.05, 0.1) is 5.60 Å². The summed E-state index contributed by atoms with van der Waals surface area (Å²) in [6.07, 6.45) is 0.594. The number of aryl methyl sites for hydroxylation is 1. The number of hydrogen-bond acceptors (Lipinski definition) is 1. The summed E-state index contributed by atoms with van der Waals surface area (Å²) >= 11 is 5.86. The van der Waals surface area contributed by atoms with Crippen LogP contribution in [0.4, 0.5) is 0 Å². The average Bonchev–Trinajstić information content (AvgIpc) is 2.29. The number of rotatable bonds is 3. The molecule has 0 spiro atoms. The molecule has 0 aromatic heterocycles. The quantitative estimate of drug-likeness (QED) is 0.881. The molecule has 0 aliphatic heterocycles. The van der Waals surface area contributed by atoms with Crippen LogP contribution in [0.5, 0.6) is 0 Å². The summed E-state index contributed by atoms with van der Waals surface area (Å²) in [5, 5.41) is 11.3. The summed E-state index contributed by atoms with van der Waals surface area (Å²) < 4.78 is 0. The van der Waals surface area contributed by atoms with Gasteiger partial charge in [0, 0.05) is 11.4 Å². The first kappa shape index (κ1) is 13.1. The lowest BCUT2D eigenvalue weighted by Gasteiger charge is -2.24. The molecule has 2 rings (SSSR count). The molecule has 2 aromatic rings. The highest BCUT2D eigenvalue weighted by molar-refractivity contribution is 6.30. The smallest absolute Gasteiger partial charge is 0.0908 e. The topological polar surface area (TPSA) is 20.2 Å². The summed E-state index contributed by atoms with van der Waals surface area (Å²) in [5.74, 6) is 0. The molecule has 0 saturated heterocycles. The fourth-order valence-corrected chi connectivity index (χ4v) is 2.26. The molecule has 0 heterocycles. The van der Waals surface area contributed by atoms with Crippen LogP contribution in [-0.2, 0) is 12.0 Å². The van der Waals surface area contributed by atoms with E-state index in [1.165, 1.54) is 5.56 Å². The maximum atomic E-state index is 10.6. The summed E-state index contributed by atoms with van der Waals surface area (Å²) in [5.41, 5.74) is 2.35. The van der Waals surface area contributed by atoms with Gasteiger partial charge >= 0.3 is 0 Å². The van der Waals surface area contributed by atoms with Gasteiger partial charge in [-0.3, -0.25) is 0 Å². The Hall–Kier alpha value is -1.31. The number of aliphatic hydroxyl groups is 1. The number of halogens is 1. The SMILES string of the molecule is Cc1cccc(CC(C)(O)c2ccc(Cl)cc2)c1. The Labute approximate surface area is 113 Å². The minimum absolute atomic E-state index is 0.594. The molecule has 1 atom stereocenters. The highest BCUT2D eigenvalue weighted by atomic mass is 35.5. The predicted octanol–water partition coefficient (Wildman–Crippen LogP) is 4.10. The second kappa shape index (κ2) is 5.13. The van der Waals surface area contributed by atoms with Crippen LogP contribution < -0.4 is 0 Å². The summed E-state index contributed by atoms with van der Waals surface area (Å²) in [6, 6.07) is 15.6. The van der Waals surface area contributed by atoms with Gasteiger partial charge in [-0.25, -0.2) is 0 Å². The summed E-state index contributed by atoms with van der Waals surface area (Å²) in [6.45, 7) is 3.89. The Bertz CT molecular complexity index is 529. The summed E-state index contributed by atoms with van der Waals surface area (Å²) in [7, 11) is 0. The third-order valence-corrected chi connectivity index (χ3v) is 3.35. The van der Waals surface area contributed by atoms with Crippen LogP contribution in [0.25, 0.3) is 0 Å². The van der Waals surface area contributed by atoms with E-state index in [2.05, 4.69) is 19.1 Å². The van der Waals surface area contributed by atoms with Gasteiger partial charge in [-0.1, -0.05) is 53.6 Å². The van der Waals surface area contributed by atoms with E-state index in [1.807, 2.05) is 43.3 Å². The van der Waals surface area contributed by atoms with Crippen LogP contribution in [0.3, 0.4) is 0 Å². The number of hydrogen-bond donors (Lipinski definition) is 1. The second-order valence-electron chi connectivity index (χ2n) is 4.95. The number of benzene rings is 2. The lowest BCUT2D eigenvalue weighted by Crippen LogP contribution is -2.24. The maximum Gasteiger partial charge on any atom is 0.0908 e. The van der Waals surface area contributed by atoms with Gasteiger partial charge in [-0.15, -0.1) is 0 Å². The lowest BCUT2D eigenvalue weighted by molar-refractivity contribution is 0.0576. The monoisotopic (exact) mass is 260 g/mol. The Morgan fingerprint density at radius 3 is 2.39 bits per heavy atom.